The zero-order valence-corrected chi connectivity index (χ0v) is 25.4. The molecule has 1 amide bonds. The number of pyridine rings is 2. The summed E-state index contributed by atoms with van der Waals surface area (Å²) in [5.74, 6) is -1.83. The monoisotopic (exact) mass is 600 g/mol. The van der Waals surface area contributed by atoms with Crippen LogP contribution in [0.2, 0.25) is 0 Å². The number of anilines is 1. The van der Waals surface area contributed by atoms with Crippen LogP contribution in [0.15, 0.2) is 60.5 Å². The van der Waals surface area contributed by atoms with Crippen LogP contribution in [-0.4, -0.2) is 56.0 Å². The fourth-order valence-corrected chi connectivity index (χ4v) is 5.83. The van der Waals surface area contributed by atoms with Crippen molar-refractivity contribution >= 4 is 28.8 Å². The van der Waals surface area contributed by atoms with E-state index in [1.165, 1.54) is 28.8 Å². The van der Waals surface area contributed by atoms with Gasteiger partial charge in [0.15, 0.2) is 11.5 Å². The van der Waals surface area contributed by atoms with Crippen LogP contribution in [0.25, 0.3) is 34.1 Å². The number of halogens is 2. The molecule has 0 bridgehead atoms. The van der Waals surface area contributed by atoms with Crippen LogP contribution in [0.5, 0.6) is 0 Å². The molecule has 4 aromatic rings. The van der Waals surface area contributed by atoms with Gasteiger partial charge in [-0.25, -0.2) is 23.1 Å². The smallest absolute Gasteiger partial charge is 0.350 e. The van der Waals surface area contributed by atoms with Crippen LogP contribution in [0, 0.1) is 11.6 Å². The van der Waals surface area contributed by atoms with Crippen molar-refractivity contribution in [3.05, 3.63) is 94.7 Å². The average molecular weight is 601 g/mol. The molecule has 5 rings (SSSR count). The van der Waals surface area contributed by atoms with Gasteiger partial charge in [-0.05, 0) is 54.2 Å². The summed E-state index contributed by atoms with van der Waals surface area (Å²) in [4.78, 5) is 43.8. The van der Waals surface area contributed by atoms with E-state index in [-0.39, 0.29) is 57.5 Å². The molecule has 228 valence electrons. The lowest BCUT2D eigenvalue weighted by molar-refractivity contribution is -0.126. The summed E-state index contributed by atoms with van der Waals surface area (Å²) in [6.45, 7) is 13.7. The van der Waals surface area contributed by atoms with Gasteiger partial charge in [0.25, 0.3) is 0 Å². The van der Waals surface area contributed by atoms with Gasteiger partial charge in [-0.1, -0.05) is 59.0 Å². The molecule has 8 nitrogen and oxygen atoms in total. The summed E-state index contributed by atoms with van der Waals surface area (Å²) in [6, 6.07) is 6.76. The molecule has 1 aliphatic rings. The molecule has 0 radical (unpaired) electrons. The average Bonchev–Trinajstić information content (AvgIpc) is 3.00. The Kier molecular flexibility index (Phi) is 7.72. The molecule has 1 atom stereocenters. The molecule has 3 aromatic heterocycles. The van der Waals surface area contributed by atoms with Crippen molar-refractivity contribution in [2.24, 2.45) is 0 Å². The molecule has 1 aliphatic heterocycles. The number of nitrogens with zero attached hydrogens (tertiary/aromatic N) is 6. The van der Waals surface area contributed by atoms with E-state index < -0.39 is 23.9 Å². The SMILES string of the molecule is [2H]C([2H])=Cc1cccc(F)c1-c1nc2c(cc1F)c(N1CCN(C(=O)C=C)C[C@@H]1C)nc(=O)n2-c1c(C(C)C)ccnc1C(C)C. The van der Waals surface area contributed by atoms with Gasteiger partial charge in [-0.3, -0.25) is 9.78 Å². The van der Waals surface area contributed by atoms with Crippen molar-refractivity contribution in [3.63, 3.8) is 0 Å². The summed E-state index contributed by atoms with van der Waals surface area (Å²) in [5, 5.41) is 0.222. The molecule has 0 N–H and O–H groups in total. The number of piperazine rings is 1. The number of amides is 1. The van der Waals surface area contributed by atoms with Gasteiger partial charge in [0.05, 0.1) is 19.5 Å². The number of rotatable bonds is 7. The standard InChI is InChI=1S/C34H36F2N6O2/c1-8-22-11-10-12-25(35)28(22)30-26(36)17-24-32(41-16-15-40(18-21(41)7)27(43)9-2)39-34(44)42(33(24)38-30)31-23(19(3)4)13-14-37-29(31)20(5)6/h8-14,17,19-21H,1-2,15-16,18H2,3-7H3/t21-/m0/s1/i1D2. The highest BCUT2D eigenvalue weighted by atomic mass is 19.1. The normalized spacial score (nSPS) is 15.9. The second-order valence-corrected chi connectivity index (χ2v) is 11.6. The molecule has 0 unspecified atom stereocenters. The van der Waals surface area contributed by atoms with Gasteiger partial charge in [-0.2, -0.15) is 4.98 Å². The first-order valence-corrected chi connectivity index (χ1v) is 14.6. The number of carbonyl (C=O) groups excluding carboxylic acids is 1. The summed E-state index contributed by atoms with van der Waals surface area (Å²) in [7, 11) is 0. The molecule has 4 heterocycles. The second kappa shape index (κ2) is 12.1. The first-order valence-electron chi connectivity index (χ1n) is 15.6. The van der Waals surface area contributed by atoms with Gasteiger partial charge < -0.3 is 9.80 Å². The number of hydrogen-bond acceptors (Lipinski definition) is 6. The molecular formula is C34H36F2N6O2. The van der Waals surface area contributed by atoms with Crippen molar-refractivity contribution in [2.75, 3.05) is 24.5 Å². The van der Waals surface area contributed by atoms with Crippen molar-refractivity contribution in [1.29, 1.82) is 0 Å². The van der Waals surface area contributed by atoms with Crippen LogP contribution in [0.4, 0.5) is 14.6 Å². The van der Waals surface area contributed by atoms with E-state index in [0.717, 1.165) is 17.7 Å². The van der Waals surface area contributed by atoms with Crippen LogP contribution in [0.3, 0.4) is 0 Å². The number of carbonyl (C=O) groups is 1. The minimum atomic E-state index is -0.871. The third-order valence-corrected chi connectivity index (χ3v) is 8.00. The molecule has 10 heteroatoms. The number of hydrogen-bond donors (Lipinski definition) is 0. The summed E-state index contributed by atoms with van der Waals surface area (Å²) >= 11 is 0. The molecule has 0 saturated carbocycles. The van der Waals surface area contributed by atoms with Gasteiger partial charge in [0.1, 0.15) is 17.3 Å². The van der Waals surface area contributed by atoms with E-state index in [2.05, 4.69) is 21.5 Å². The summed E-state index contributed by atoms with van der Waals surface area (Å²) in [5.41, 5.74) is 0.761. The van der Waals surface area contributed by atoms with E-state index in [1.54, 1.807) is 11.1 Å². The van der Waals surface area contributed by atoms with E-state index in [1.807, 2.05) is 45.6 Å². The summed E-state index contributed by atoms with van der Waals surface area (Å²) in [6.07, 6.45) is 4.04. The van der Waals surface area contributed by atoms with E-state index >= 15 is 8.78 Å². The fourth-order valence-electron chi connectivity index (χ4n) is 5.83. The Balaban J connectivity index is 1.89. The molecule has 1 aromatic carbocycles. The molecule has 1 saturated heterocycles. The Labute approximate surface area is 258 Å². The Hall–Kier alpha value is -4.73. The first-order chi connectivity index (χ1) is 21.8. The highest BCUT2D eigenvalue weighted by Gasteiger charge is 2.31. The Morgan fingerprint density at radius 2 is 1.89 bits per heavy atom. The predicted octanol–water partition coefficient (Wildman–Crippen LogP) is 6.23. The maximum absolute atomic E-state index is 16.3. The van der Waals surface area contributed by atoms with Crippen LogP contribution in [0.1, 0.15) is 66.0 Å². The molecule has 0 aliphatic carbocycles. The third-order valence-electron chi connectivity index (χ3n) is 8.00. The highest BCUT2D eigenvalue weighted by Crippen LogP contribution is 2.36. The molecule has 0 spiro atoms. The minimum Gasteiger partial charge on any atom is -0.350 e. The van der Waals surface area contributed by atoms with Gasteiger partial charge in [-0.15, -0.1) is 0 Å². The largest absolute Gasteiger partial charge is 0.355 e. The van der Waals surface area contributed by atoms with Crippen molar-refractivity contribution in [3.8, 4) is 16.9 Å². The first kappa shape index (κ1) is 28.1. The van der Waals surface area contributed by atoms with Crippen molar-refractivity contribution in [1.82, 2.24) is 24.4 Å². The van der Waals surface area contributed by atoms with E-state index in [9.17, 15) is 9.59 Å². The van der Waals surface area contributed by atoms with Gasteiger partial charge in [0, 0.05) is 37.4 Å². The van der Waals surface area contributed by atoms with E-state index in [0.29, 0.717) is 31.0 Å². The maximum atomic E-state index is 16.3. The zero-order valence-electron chi connectivity index (χ0n) is 27.4. The Bertz CT molecular complexity index is 1910. The lowest BCUT2D eigenvalue weighted by Crippen LogP contribution is -2.54. The Morgan fingerprint density at radius 1 is 1.11 bits per heavy atom. The molecule has 1 fully saturated rings. The van der Waals surface area contributed by atoms with Crippen LogP contribution >= 0.6 is 0 Å². The number of aromatic nitrogens is 4. The van der Waals surface area contributed by atoms with Gasteiger partial charge in [0.2, 0.25) is 5.91 Å². The lowest BCUT2D eigenvalue weighted by atomic mass is 9.97. The quantitative estimate of drug-likeness (QED) is 0.234. The fraction of sp³-hybridized carbons (Fsp3) is 0.324. The minimum absolute atomic E-state index is 0.0385. The second-order valence-electron chi connectivity index (χ2n) is 11.6. The van der Waals surface area contributed by atoms with Crippen molar-refractivity contribution < 1.29 is 16.3 Å². The predicted molar refractivity (Wildman–Crippen MR) is 170 cm³/mol. The Morgan fingerprint density at radius 3 is 2.55 bits per heavy atom. The third kappa shape index (κ3) is 5.29. The van der Waals surface area contributed by atoms with Crippen LogP contribution in [-0.2, 0) is 4.79 Å². The van der Waals surface area contributed by atoms with E-state index in [4.69, 9.17) is 2.74 Å². The topological polar surface area (TPSA) is 84.2 Å². The highest BCUT2D eigenvalue weighted by molar-refractivity contribution is 5.92. The van der Waals surface area contributed by atoms with Crippen LogP contribution < -0.4 is 10.6 Å². The van der Waals surface area contributed by atoms with Gasteiger partial charge >= 0.3 is 5.69 Å². The van der Waals surface area contributed by atoms with Crippen molar-refractivity contribution in [2.45, 2.75) is 52.5 Å². The summed E-state index contributed by atoms with van der Waals surface area (Å²) < 4.78 is 48.3. The zero-order chi connectivity index (χ0) is 33.4. The molecule has 44 heavy (non-hydrogen) atoms. The molecular weight excluding hydrogens is 562 g/mol. The number of benzene rings is 1. The lowest BCUT2D eigenvalue weighted by Gasteiger charge is -2.40. The number of fused-ring (bicyclic) bond motifs is 1. The maximum Gasteiger partial charge on any atom is 0.355 e.